The minimum absolute atomic E-state index is 0.527. The van der Waals surface area contributed by atoms with Crippen molar-refractivity contribution in [1.29, 1.82) is 0 Å². The predicted molar refractivity (Wildman–Crippen MR) is 76.7 cm³/mol. The first kappa shape index (κ1) is 13.6. The van der Waals surface area contributed by atoms with Crippen molar-refractivity contribution >= 4 is 28.0 Å². The molecule has 90 valence electrons. The van der Waals surface area contributed by atoms with E-state index in [1.54, 1.807) is 13.1 Å². The molecule has 1 heterocycles. The molecule has 1 aromatic carbocycles. The van der Waals surface area contributed by atoms with Crippen LogP contribution < -0.4 is 4.74 Å². The highest BCUT2D eigenvalue weighted by Gasteiger charge is 2.04. The predicted octanol–water partition coefficient (Wildman–Crippen LogP) is 4.30. The smallest absolute Gasteiger partial charge is 0.164 e. The molecule has 0 saturated heterocycles. The number of pyridine rings is 1. The van der Waals surface area contributed by atoms with Crippen LogP contribution in [-0.4, -0.2) is 10.0 Å². The summed E-state index contributed by atoms with van der Waals surface area (Å²) in [7, 11) is 0. The highest BCUT2D eigenvalue weighted by molar-refractivity contribution is 7.80. The van der Waals surface area contributed by atoms with Gasteiger partial charge in [-0.15, -0.1) is 0 Å². The fraction of sp³-hybridized carbons (Fsp3) is 0.286. The van der Waals surface area contributed by atoms with Gasteiger partial charge in [0.05, 0.1) is 0 Å². The number of thiocarbonyl (C=S) groups is 1. The molecule has 3 heteroatoms. The van der Waals surface area contributed by atoms with E-state index in [-0.39, 0.29) is 0 Å². The SMILES string of the molecule is CC.CC(=S)Oc1cc(C)cc2cnccc12. The molecule has 0 amide bonds. The zero-order valence-electron chi connectivity index (χ0n) is 10.7. The van der Waals surface area contributed by atoms with Gasteiger partial charge in [-0.2, -0.15) is 0 Å². The van der Waals surface area contributed by atoms with Crippen molar-refractivity contribution in [2.24, 2.45) is 0 Å². The lowest BCUT2D eigenvalue weighted by Gasteiger charge is -2.08. The Morgan fingerprint density at radius 1 is 1.29 bits per heavy atom. The number of aryl methyl sites for hydroxylation is 1. The summed E-state index contributed by atoms with van der Waals surface area (Å²) in [5.41, 5.74) is 1.14. The van der Waals surface area contributed by atoms with Crippen LogP contribution in [0.1, 0.15) is 26.3 Å². The zero-order valence-corrected chi connectivity index (χ0v) is 11.5. The molecule has 0 bridgehead atoms. The molecule has 0 aliphatic heterocycles. The number of hydrogen-bond donors (Lipinski definition) is 0. The van der Waals surface area contributed by atoms with Crippen LogP contribution in [0.5, 0.6) is 5.75 Å². The van der Waals surface area contributed by atoms with Gasteiger partial charge in [0.25, 0.3) is 0 Å². The van der Waals surface area contributed by atoms with Gasteiger partial charge >= 0.3 is 0 Å². The summed E-state index contributed by atoms with van der Waals surface area (Å²) in [6, 6.07) is 5.99. The Bertz CT molecular complexity index is 523. The van der Waals surface area contributed by atoms with E-state index in [0.29, 0.717) is 5.05 Å². The van der Waals surface area contributed by atoms with Crippen molar-refractivity contribution in [3.8, 4) is 5.75 Å². The first-order valence-electron chi connectivity index (χ1n) is 5.69. The van der Waals surface area contributed by atoms with Crippen molar-refractivity contribution in [2.45, 2.75) is 27.7 Å². The second-order valence-electron chi connectivity index (χ2n) is 3.45. The molecule has 0 fully saturated rings. The molecule has 17 heavy (non-hydrogen) atoms. The maximum atomic E-state index is 5.51. The normalized spacial score (nSPS) is 9.41. The van der Waals surface area contributed by atoms with Crippen LogP contribution in [0, 0.1) is 6.92 Å². The largest absolute Gasteiger partial charge is 0.450 e. The number of fused-ring (bicyclic) bond motifs is 1. The van der Waals surface area contributed by atoms with Crippen LogP contribution in [0.25, 0.3) is 10.8 Å². The molecular weight excluding hydrogens is 230 g/mol. The third-order valence-corrected chi connectivity index (χ3v) is 2.20. The summed E-state index contributed by atoms with van der Waals surface area (Å²) in [6.07, 6.45) is 3.58. The number of aromatic nitrogens is 1. The maximum Gasteiger partial charge on any atom is 0.164 e. The van der Waals surface area contributed by atoms with Crippen molar-refractivity contribution in [3.63, 3.8) is 0 Å². The highest BCUT2D eigenvalue weighted by Crippen LogP contribution is 2.26. The monoisotopic (exact) mass is 247 g/mol. The van der Waals surface area contributed by atoms with Gasteiger partial charge in [0.1, 0.15) is 5.75 Å². The minimum atomic E-state index is 0.527. The van der Waals surface area contributed by atoms with Gasteiger partial charge in [-0.3, -0.25) is 4.98 Å². The standard InChI is InChI=1S/C12H11NOS.C2H6/c1-8-5-10-7-13-4-3-11(10)12(6-8)14-9(2)15;1-2/h3-7H,1-2H3;1-2H3. The number of rotatable bonds is 1. The molecule has 2 nitrogen and oxygen atoms in total. The van der Waals surface area contributed by atoms with E-state index >= 15 is 0 Å². The average Bonchev–Trinajstić information content (AvgIpc) is 2.30. The summed E-state index contributed by atoms with van der Waals surface area (Å²) in [6.45, 7) is 7.79. The first-order valence-corrected chi connectivity index (χ1v) is 6.10. The molecule has 2 rings (SSSR count). The van der Waals surface area contributed by atoms with Crippen molar-refractivity contribution in [1.82, 2.24) is 4.98 Å². The summed E-state index contributed by atoms with van der Waals surface area (Å²) < 4.78 is 5.51. The van der Waals surface area contributed by atoms with Crippen LogP contribution in [0.2, 0.25) is 0 Å². The zero-order chi connectivity index (χ0) is 12.8. The van der Waals surface area contributed by atoms with E-state index in [2.05, 4.69) is 11.1 Å². The third-order valence-electron chi connectivity index (χ3n) is 2.11. The Morgan fingerprint density at radius 3 is 2.65 bits per heavy atom. The van der Waals surface area contributed by atoms with Gasteiger partial charge < -0.3 is 4.74 Å². The van der Waals surface area contributed by atoms with Crippen LogP contribution in [0.15, 0.2) is 30.6 Å². The second kappa shape index (κ2) is 6.30. The molecule has 0 radical (unpaired) electrons. The van der Waals surface area contributed by atoms with Crippen molar-refractivity contribution in [2.75, 3.05) is 0 Å². The lowest BCUT2D eigenvalue weighted by Crippen LogP contribution is -1.99. The molecule has 0 atom stereocenters. The fourth-order valence-electron chi connectivity index (χ4n) is 1.56. The lowest BCUT2D eigenvalue weighted by atomic mass is 10.1. The summed E-state index contributed by atoms with van der Waals surface area (Å²) >= 11 is 4.95. The fourth-order valence-corrected chi connectivity index (χ4v) is 1.65. The van der Waals surface area contributed by atoms with Crippen LogP contribution >= 0.6 is 12.2 Å². The summed E-state index contributed by atoms with van der Waals surface area (Å²) in [5, 5.41) is 2.64. The van der Waals surface area contributed by atoms with E-state index in [1.165, 1.54) is 0 Å². The van der Waals surface area contributed by atoms with E-state index in [4.69, 9.17) is 17.0 Å². The maximum absolute atomic E-state index is 5.51. The van der Waals surface area contributed by atoms with E-state index < -0.39 is 0 Å². The lowest BCUT2D eigenvalue weighted by molar-refractivity contribution is 0.567. The molecule has 2 aromatic rings. The van der Waals surface area contributed by atoms with Crippen molar-refractivity contribution < 1.29 is 4.74 Å². The van der Waals surface area contributed by atoms with Crippen LogP contribution in [-0.2, 0) is 0 Å². The Balaban J connectivity index is 0.000000686. The highest BCUT2D eigenvalue weighted by atomic mass is 32.1. The third kappa shape index (κ3) is 3.49. The molecule has 0 N–H and O–H groups in total. The number of nitrogens with zero attached hydrogens (tertiary/aromatic N) is 1. The molecule has 0 spiro atoms. The topological polar surface area (TPSA) is 22.1 Å². The molecule has 0 aliphatic rings. The Hall–Kier alpha value is -1.48. The van der Waals surface area contributed by atoms with Gasteiger partial charge in [-0.1, -0.05) is 13.8 Å². The van der Waals surface area contributed by atoms with Crippen LogP contribution in [0.4, 0.5) is 0 Å². The van der Waals surface area contributed by atoms with Gasteiger partial charge in [0, 0.05) is 30.1 Å². The molecule has 0 saturated carbocycles. The number of hydrogen-bond acceptors (Lipinski definition) is 3. The minimum Gasteiger partial charge on any atom is -0.450 e. The van der Waals surface area contributed by atoms with Crippen LogP contribution in [0.3, 0.4) is 0 Å². The molecule has 1 aromatic heterocycles. The van der Waals surface area contributed by atoms with E-state index in [1.807, 2.05) is 39.1 Å². The van der Waals surface area contributed by atoms with Gasteiger partial charge in [-0.25, -0.2) is 0 Å². The van der Waals surface area contributed by atoms with Gasteiger partial charge in [0.2, 0.25) is 0 Å². The van der Waals surface area contributed by atoms with Gasteiger partial charge in [-0.05, 0) is 42.9 Å². The Morgan fingerprint density at radius 2 is 2.00 bits per heavy atom. The Kier molecular flexibility index (Phi) is 5.04. The van der Waals surface area contributed by atoms with Crippen molar-refractivity contribution in [3.05, 3.63) is 36.2 Å². The number of ether oxygens (including phenoxy) is 1. The van der Waals surface area contributed by atoms with E-state index in [0.717, 1.165) is 22.1 Å². The quantitative estimate of drug-likeness (QED) is 0.702. The first-order chi connectivity index (χ1) is 8.16. The molecular formula is C14H17NOS. The second-order valence-corrected chi connectivity index (χ2v) is 4.03. The molecule has 0 unspecified atom stereocenters. The van der Waals surface area contributed by atoms with E-state index in [9.17, 15) is 0 Å². The summed E-state index contributed by atoms with van der Waals surface area (Å²) in [4.78, 5) is 4.09. The summed E-state index contributed by atoms with van der Waals surface area (Å²) in [5.74, 6) is 0.805. The number of benzene rings is 1. The van der Waals surface area contributed by atoms with Gasteiger partial charge in [0.15, 0.2) is 5.05 Å². The average molecular weight is 247 g/mol. The molecule has 0 aliphatic carbocycles. The Labute approximate surface area is 108 Å².